The van der Waals surface area contributed by atoms with Crippen LogP contribution >= 0.6 is 0 Å². The maximum absolute atomic E-state index is 13.5. The number of fused-ring (bicyclic) bond motifs is 4. The van der Waals surface area contributed by atoms with Gasteiger partial charge in [-0.15, -0.1) is 0 Å². The maximum Gasteiger partial charge on any atom is 0.410 e. The number of ether oxygens (including phenoxy) is 2. The molecule has 0 saturated carbocycles. The second-order valence-corrected chi connectivity index (χ2v) is 10.2. The standard InChI is InChI=1S/C29H32N4O3/c34-28(36-21-29-11-17-32(18-12-29)19-13-29)33-16-10-22-4-1-2-5-25(22)27(33)23-6-8-24(9-7-23)35-20-26-30-14-3-15-31-26/h1-9,14-15,27H,10-13,16-21H2/t27-/m0/s1. The molecule has 4 aliphatic rings. The zero-order chi connectivity index (χ0) is 24.4. The van der Waals surface area contributed by atoms with Gasteiger partial charge in [-0.25, -0.2) is 14.8 Å². The van der Waals surface area contributed by atoms with E-state index < -0.39 is 0 Å². The van der Waals surface area contributed by atoms with Gasteiger partial charge in [0, 0.05) is 24.4 Å². The van der Waals surface area contributed by atoms with Crippen molar-refractivity contribution in [3.63, 3.8) is 0 Å². The van der Waals surface area contributed by atoms with Gasteiger partial charge in [-0.1, -0.05) is 36.4 Å². The van der Waals surface area contributed by atoms with Crippen LogP contribution in [0.2, 0.25) is 0 Å². The molecule has 0 unspecified atom stereocenters. The normalized spacial score (nSPS) is 24.7. The lowest BCUT2D eigenvalue weighted by Gasteiger charge is -2.48. The van der Waals surface area contributed by atoms with Crippen LogP contribution < -0.4 is 4.74 Å². The molecule has 1 atom stereocenters. The molecule has 7 heteroatoms. The van der Waals surface area contributed by atoms with Crippen LogP contribution in [0.1, 0.15) is 47.8 Å². The molecule has 0 spiro atoms. The topological polar surface area (TPSA) is 67.8 Å². The highest BCUT2D eigenvalue weighted by molar-refractivity contribution is 5.70. The number of benzene rings is 2. The fraction of sp³-hybridized carbons (Fsp3) is 0.414. The first-order chi connectivity index (χ1) is 17.7. The van der Waals surface area contributed by atoms with Crippen LogP contribution in [0.25, 0.3) is 0 Å². The number of rotatable bonds is 6. The Hall–Kier alpha value is -3.45. The Morgan fingerprint density at radius 3 is 2.39 bits per heavy atom. The number of aromatic nitrogens is 2. The largest absolute Gasteiger partial charge is 0.486 e. The molecule has 1 aromatic heterocycles. The van der Waals surface area contributed by atoms with Crippen molar-refractivity contribution in [2.45, 2.75) is 38.3 Å². The maximum atomic E-state index is 13.5. The Labute approximate surface area is 212 Å². The van der Waals surface area contributed by atoms with Crippen molar-refractivity contribution in [1.82, 2.24) is 19.8 Å². The van der Waals surface area contributed by atoms with Gasteiger partial charge in [0.2, 0.25) is 0 Å². The third-order valence-electron chi connectivity index (χ3n) is 8.08. The van der Waals surface area contributed by atoms with Crippen molar-refractivity contribution in [1.29, 1.82) is 0 Å². The Balaban J connectivity index is 1.19. The summed E-state index contributed by atoms with van der Waals surface area (Å²) in [4.78, 5) is 26.3. The van der Waals surface area contributed by atoms with Crippen molar-refractivity contribution in [3.05, 3.63) is 89.5 Å². The van der Waals surface area contributed by atoms with Gasteiger partial charge in [-0.3, -0.25) is 4.90 Å². The van der Waals surface area contributed by atoms with Crippen molar-refractivity contribution >= 4 is 6.09 Å². The van der Waals surface area contributed by atoms with Crippen molar-refractivity contribution < 1.29 is 14.3 Å². The molecule has 2 aromatic carbocycles. The fourth-order valence-electron chi connectivity index (χ4n) is 5.83. The highest BCUT2D eigenvalue weighted by atomic mass is 16.6. The summed E-state index contributed by atoms with van der Waals surface area (Å²) in [6, 6.07) is 18.0. The molecule has 3 aromatic rings. The summed E-state index contributed by atoms with van der Waals surface area (Å²) >= 11 is 0. The Kier molecular flexibility index (Phi) is 6.32. The van der Waals surface area contributed by atoms with Gasteiger partial charge in [0.1, 0.15) is 12.4 Å². The molecule has 186 valence electrons. The Morgan fingerprint density at radius 1 is 0.917 bits per heavy atom. The van der Waals surface area contributed by atoms with Crippen LogP contribution in [-0.2, 0) is 17.8 Å². The van der Waals surface area contributed by atoms with E-state index in [4.69, 9.17) is 9.47 Å². The number of piperidine rings is 3. The van der Waals surface area contributed by atoms with Gasteiger partial charge >= 0.3 is 6.09 Å². The molecule has 5 heterocycles. The molecule has 1 amide bonds. The molecular weight excluding hydrogens is 452 g/mol. The third-order valence-corrected chi connectivity index (χ3v) is 8.08. The van der Waals surface area contributed by atoms with E-state index in [-0.39, 0.29) is 17.6 Å². The van der Waals surface area contributed by atoms with Crippen molar-refractivity contribution in [2.75, 3.05) is 32.8 Å². The molecule has 4 aliphatic heterocycles. The summed E-state index contributed by atoms with van der Waals surface area (Å²) in [6.07, 6.45) is 7.42. The highest BCUT2D eigenvalue weighted by Crippen LogP contribution is 2.41. The predicted molar refractivity (Wildman–Crippen MR) is 136 cm³/mol. The second kappa shape index (κ2) is 9.90. The highest BCUT2D eigenvalue weighted by Gasteiger charge is 2.41. The van der Waals surface area contributed by atoms with Crippen LogP contribution in [0.15, 0.2) is 67.0 Å². The van der Waals surface area contributed by atoms with E-state index in [1.807, 2.05) is 35.2 Å². The summed E-state index contributed by atoms with van der Waals surface area (Å²) in [7, 11) is 0. The molecule has 36 heavy (non-hydrogen) atoms. The summed E-state index contributed by atoms with van der Waals surface area (Å²) in [5.41, 5.74) is 3.66. The number of amides is 1. The van der Waals surface area contributed by atoms with E-state index in [0.29, 0.717) is 25.6 Å². The zero-order valence-electron chi connectivity index (χ0n) is 20.5. The lowest BCUT2D eigenvalue weighted by Crippen LogP contribution is -2.51. The summed E-state index contributed by atoms with van der Waals surface area (Å²) in [6.45, 7) is 4.86. The van der Waals surface area contributed by atoms with Crippen LogP contribution in [0.5, 0.6) is 5.75 Å². The average Bonchev–Trinajstić information content (AvgIpc) is 2.96. The van der Waals surface area contributed by atoms with Gasteiger partial charge in [0.25, 0.3) is 0 Å². The zero-order valence-corrected chi connectivity index (χ0v) is 20.5. The molecule has 3 saturated heterocycles. The number of nitrogens with zero attached hydrogens (tertiary/aromatic N) is 4. The number of hydrogen-bond acceptors (Lipinski definition) is 6. The number of carbonyl (C=O) groups excluding carboxylic acids is 1. The van der Waals surface area contributed by atoms with E-state index >= 15 is 0 Å². The minimum absolute atomic E-state index is 0.162. The van der Waals surface area contributed by atoms with Gasteiger partial charge in [0.15, 0.2) is 5.82 Å². The van der Waals surface area contributed by atoms with Gasteiger partial charge in [0.05, 0.1) is 12.6 Å². The second-order valence-electron chi connectivity index (χ2n) is 10.2. The average molecular weight is 485 g/mol. The van der Waals surface area contributed by atoms with Gasteiger partial charge < -0.3 is 14.4 Å². The van der Waals surface area contributed by atoms with E-state index in [9.17, 15) is 4.79 Å². The van der Waals surface area contributed by atoms with Gasteiger partial charge in [-0.05, 0) is 80.2 Å². The lowest BCUT2D eigenvalue weighted by atomic mass is 9.73. The molecule has 0 radical (unpaired) electrons. The third kappa shape index (κ3) is 4.67. The number of hydrogen-bond donors (Lipinski definition) is 0. The number of carbonyl (C=O) groups is 1. The molecule has 7 rings (SSSR count). The van der Waals surface area contributed by atoms with Crippen LogP contribution in [0.3, 0.4) is 0 Å². The first-order valence-corrected chi connectivity index (χ1v) is 12.9. The molecule has 0 aliphatic carbocycles. The summed E-state index contributed by atoms with van der Waals surface area (Å²) in [5.74, 6) is 1.38. The predicted octanol–water partition coefficient (Wildman–Crippen LogP) is 4.63. The van der Waals surface area contributed by atoms with Crippen LogP contribution in [0.4, 0.5) is 4.79 Å². The van der Waals surface area contributed by atoms with Crippen LogP contribution in [-0.4, -0.2) is 58.6 Å². The molecule has 3 fully saturated rings. The van der Waals surface area contributed by atoms with Crippen LogP contribution in [0, 0.1) is 5.41 Å². The first kappa shape index (κ1) is 23.0. The molecular formula is C29H32N4O3. The molecule has 7 nitrogen and oxygen atoms in total. The minimum Gasteiger partial charge on any atom is -0.486 e. The Bertz CT molecular complexity index is 1180. The smallest absolute Gasteiger partial charge is 0.410 e. The van der Waals surface area contributed by atoms with Crippen molar-refractivity contribution in [2.24, 2.45) is 5.41 Å². The van der Waals surface area contributed by atoms with E-state index in [0.717, 1.165) is 62.2 Å². The quantitative estimate of drug-likeness (QED) is 0.508. The van der Waals surface area contributed by atoms with Crippen molar-refractivity contribution in [3.8, 4) is 5.75 Å². The van der Waals surface area contributed by atoms with E-state index in [1.165, 1.54) is 5.56 Å². The SMILES string of the molecule is O=C(OCC12CCN(CC1)CC2)N1CCc2ccccc2[C@@H]1c1ccc(OCc2ncccn2)cc1. The van der Waals surface area contributed by atoms with E-state index in [2.05, 4.69) is 33.1 Å². The lowest BCUT2D eigenvalue weighted by molar-refractivity contribution is -0.0300. The molecule has 0 N–H and O–H groups in total. The van der Waals surface area contributed by atoms with E-state index in [1.54, 1.807) is 18.5 Å². The fourth-order valence-corrected chi connectivity index (χ4v) is 5.83. The minimum atomic E-state index is -0.210. The molecule has 2 bridgehead atoms. The van der Waals surface area contributed by atoms with Gasteiger partial charge in [-0.2, -0.15) is 0 Å². The summed E-state index contributed by atoms with van der Waals surface area (Å²) < 4.78 is 11.9. The monoisotopic (exact) mass is 484 g/mol. The summed E-state index contributed by atoms with van der Waals surface area (Å²) in [5, 5.41) is 0. The first-order valence-electron chi connectivity index (χ1n) is 12.9. The Morgan fingerprint density at radius 2 is 1.64 bits per heavy atom.